The third kappa shape index (κ3) is 3.30. The summed E-state index contributed by atoms with van der Waals surface area (Å²) in [6.45, 7) is 5.69. The van der Waals surface area contributed by atoms with Gasteiger partial charge in [0, 0.05) is 5.92 Å². The third-order valence-electron chi connectivity index (χ3n) is 2.46. The maximum atomic E-state index is 12.0. The van der Waals surface area contributed by atoms with E-state index in [1.54, 1.807) is 6.92 Å². The second-order valence-electron chi connectivity index (χ2n) is 4.50. The van der Waals surface area contributed by atoms with Gasteiger partial charge in [0.05, 0.1) is 17.8 Å². The number of carbonyl (C=O) groups is 1. The molecule has 1 N–H and O–H groups in total. The van der Waals surface area contributed by atoms with Crippen molar-refractivity contribution in [1.29, 1.82) is 0 Å². The molecule has 0 radical (unpaired) electrons. The minimum absolute atomic E-state index is 0.109. The van der Waals surface area contributed by atoms with Gasteiger partial charge in [-0.2, -0.15) is 4.98 Å². The molecule has 2 rings (SSSR count). The van der Waals surface area contributed by atoms with Gasteiger partial charge >= 0.3 is 0 Å². The quantitative estimate of drug-likeness (QED) is 0.925. The molecule has 20 heavy (non-hydrogen) atoms. The van der Waals surface area contributed by atoms with E-state index in [-0.39, 0.29) is 23.2 Å². The van der Waals surface area contributed by atoms with Crippen molar-refractivity contribution in [2.75, 3.05) is 0 Å². The molecule has 0 bridgehead atoms. The molecule has 2 aromatic rings. The molecular formula is C12H14ClN5O2. The van der Waals surface area contributed by atoms with Crippen LogP contribution < -0.4 is 5.32 Å². The van der Waals surface area contributed by atoms with E-state index in [2.05, 4.69) is 25.4 Å². The Balaban J connectivity index is 2.10. The standard InChI is InChI=1S/C12H14ClN5O2/c1-6(2)11-14-4-8(13)10(17-11)12(19)15-5-9-16-7(3)18-20-9/h4,6H,5H2,1-3H3,(H,15,19). The molecule has 106 valence electrons. The number of hydrogen-bond donors (Lipinski definition) is 1. The van der Waals surface area contributed by atoms with Crippen LogP contribution in [0.4, 0.5) is 0 Å². The van der Waals surface area contributed by atoms with Crippen molar-refractivity contribution in [2.24, 2.45) is 0 Å². The molecule has 0 atom stereocenters. The Bertz CT molecular complexity index is 626. The maximum absolute atomic E-state index is 12.0. The van der Waals surface area contributed by atoms with Gasteiger partial charge in [0.2, 0.25) is 5.89 Å². The Morgan fingerprint density at radius 2 is 2.20 bits per heavy atom. The van der Waals surface area contributed by atoms with Crippen LogP contribution in [0.2, 0.25) is 5.02 Å². The summed E-state index contributed by atoms with van der Waals surface area (Å²) in [5, 5.41) is 6.46. The van der Waals surface area contributed by atoms with Crippen LogP contribution in [0.25, 0.3) is 0 Å². The van der Waals surface area contributed by atoms with Gasteiger partial charge in [-0.3, -0.25) is 4.79 Å². The highest BCUT2D eigenvalue weighted by Crippen LogP contribution is 2.16. The van der Waals surface area contributed by atoms with Crippen molar-refractivity contribution in [3.8, 4) is 0 Å². The number of hydrogen-bond acceptors (Lipinski definition) is 6. The summed E-state index contributed by atoms with van der Waals surface area (Å²) >= 11 is 5.94. The number of nitrogens with one attached hydrogen (secondary N) is 1. The number of aryl methyl sites for hydroxylation is 1. The normalized spacial score (nSPS) is 10.8. The van der Waals surface area contributed by atoms with Crippen LogP contribution >= 0.6 is 11.6 Å². The topological polar surface area (TPSA) is 93.8 Å². The first-order valence-electron chi connectivity index (χ1n) is 6.07. The SMILES string of the molecule is Cc1noc(CNC(=O)c2nc(C(C)C)ncc2Cl)n1. The summed E-state index contributed by atoms with van der Waals surface area (Å²) in [6, 6.07) is 0. The van der Waals surface area contributed by atoms with Crippen molar-refractivity contribution in [2.45, 2.75) is 33.2 Å². The van der Waals surface area contributed by atoms with E-state index in [0.717, 1.165) is 0 Å². The smallest absolute Gasteiger partial charge is 0.272 e. The second-order valence-corrected chi connectivity index (χ2v) is 4.90. The zero-order valence-electron chi connectivity index (χ0n) is 11.3. The Kier molecular flexibility index (Phi) is 4.29. The Morgan fingerprint density at radius 1 is 1.45 bits per heavy atom. The molecule has 2 aromatic heterocycles. The van der Waals surface area contributed by atoms with Crippen molar-refractivity contribution >= 4 is 17.5 Å². The van der Waals surface area contributed by atoms with Crippen LogP contribution in [0.15, 0.2) is 10.7 Å². The molecule has 0 aliphatic heterocycles. The lowest BCUT2D eigenvalue weighted by Crippen LogP contribution is -2.25. The average molecular weight is 296 g/mol. The van der Waals surface area contributed by atoms with Gasteiger partial charge in [-0.1, -0.05) is 30.6 Å². The number of amides is 1. The van der Waals surface area contributed by atoms with Gasteiger partial charge in [0.1, 0.15) is 11.5 Å². The predicted molar refractivity (Wildman–Crippen MR) is 71.3 cm³/mol. The Labute approximate surface area is 120 Å². The summed E-state index contributed by atoms with van der Waals surface area (Å²) in [5.74, 6) is 1.10. The molecule has 0 spiro atoms. The lowest BCUT2D eigenvalue weighted by Gasteiger charge is -2.07. The van der Waals surface area contributed by atoms with Crippen LogP contribution in [0.5, 0.6) is 0 Å². The van der Waals surface area contributed by atoms with E-state index in [1.165, 1.54) is 6.20 Å². The minimum Gasteiger partial charge on any atom is -0.342 e. The zero-order valence-corrected chi connectivity index (χ0v) is 12.1. The highest BCUT2D eigenvalue weighted by Gasteiger charge is 2.16. The van der Waals surface area contributed by atoms with Gasteiger partial charge in [0.25, 0.3) is 5.91 Å². The molecule has 0 saturated heterocycles. The Morgan fingerprint density at radius 3 is 2.80 bits per heavy atom. The van der Waals surface area contributed by atoms with E-state index >= 15 is 0 Å². The number of halogens is 1. The number of aromatic nitrogens is 4. The molecule has 0 aliphatic carbocycles. The predicted octanol–water partition coefficient (Wildman–Crippen LogP) is 1.87. The van der Waals surface area contributed by atoms with Crippen molar-refractivity contribution in [1.82, 2.24) is 25.4 Å². The fourth-order valence-electron chi connectivity index (χ4n) is 1.47. The van der Waals surface area contributed by atoms with Gasteiger partial charge in [0.15, 0.2) is 5.82 Å². The van der Waals surface area contributed by atoms with Gasteiger partial charge < -0.3 is 9.84 Å². The minimum atomic E-state index is -0.407. The van der Waals surface area contributed by atoms with Crippen LogP contribution in [0.1, 0.15) is 47.8 Å². The first-order chi connectivity index (χ1) is 9.47. The van der Waals surface area contributed by atoms with E-state index < -0.39 is 5.91 Å². The monoisotopic (exact) mass is 295 g/mol. The average Bonchev–Trinajstić information content (AvgIpc) is 2.82. The molecule has 0 saturated carbocycles. The lowest BCUT2D eigenvalue weighted by molar-refractivity contribution is 0.0941. The largest absolute Gasteiger partial charge is 0.342 e. The number of nitrogens with zero attached hydrogens (tertiary/aromatic N) is 4. The summed E-state index contributed by atoms with van der Waals surface area (Å²) in [5.41, 5.74) is 0.140. The summed E-state index contributed by atoms with van der Waals surface area (Å²) in [7, 11) is 0. The van der Waals surface area contributed by atoms with E-state index in [9.17, 15) is 4.79 Å². The fourth-order valence-corrected chi connectivity index (χ4v) is 1.65. The first kappa shape index (κ1) is 14.4. The molecule has 7 nitrogen and oxygen atoms in total. The van der Waals surface area contributed by atoms with Crippen LogP contribution in [-0.2, 0) is 6.54 Å². The van der Waals surface area contributed by atoms with E-state index in [4.69, 9.17) is 16.1 Å². The molecule has 0 aromatic carbocycles. The third-order valence-corrected chi connectivity index (χ3v) is 2.74. The lowest BCUT2D eigenvalue weighted by atomic mass is 10.2. The molecule has 1 amide bonds. The van der Waals surface area contributed by atoms with Gasteiger partial charge in [-0.25, -0.2) is 9.97 Å². The van der Waals surface area contributed by atoms with Crippen LogP contribution in [-0.4, -0.2) is 26.0 Å². The number of rotatable bonds is 4. The summed E-state index contributed by atoms with van der Waals surface area (Å²) < 4.78 is 4.90. The molecule has 0 fully saturated rings. The maximum Gasteiger partial charge on any atom is 0.272 e. The molecular weight excluding hydrogens is 282 g/mol. The van der Waals surface area contributed by atoms with Crippen LogP contribution in [0, 0.1) is 6.92 Å². The highest BCUT2D eigenvalue weighted by molar-refractivity contribution is 6.33. The van der Waals surface area contributed by atoms with Gasteiger partial charge in [-0.15, -0.1) is 0 Å². The van der Waals surface area contributed by atoms with Gasteiger partial charge in [-0.05, 0) is 6.92 Å². The van der Waals surface area contributed by atoms with Crippen LogP contribution in [0.3, 0.4) is 0 Å². The van der Waals surface area contributed by atoms with Crippen molar-refractivity contribution < 1.29 is 9.32 Å². The summed E-state index contributed by atoms with van der Waals surface area (Å²) in [6.07, 6.45) is 1.43. The summed E-state index contributed by atoms with van der Waals surface area (Å²) in [4.78, 5) is 24.3. The van der Waals surface area contributed by atoms with E-state index in [0.29, 0.717) is 17.5 Å². The second kappa shape index (κ2) is 5.96. The molecule has 2 heterocycles. The molecule has 0 unspecified atom stereocenters. The fraction of sp³-hybridized carbons (Fsp3) is 0.417. The zero-order chi connectivity index (χ0) is 14.7. The van der Waals surface area contributed by atoms with Crippen molar-refractivity contribution in [3.05, 3.63) is 34.5 Å². The highest BCUT2D eigenvalue weighted by atomic mass is 35.5. The molecule has 0 aliphatic rings. The number of carbonyl (C=O) groups excluding carboxylic acids is 1. The molecule has 8 heteroatoms. The van der Waals surface area contributed by atoms with E-state index in [1.807, 2.05) is 13.8 Å². The Hall–Kier alpha value is -2.02. The van der Waals surface area contributed by atoms with Crippen molar-refractivity contribution in [3.63, 3.8) is 0 Å². The first-order valence-corrected chi connectivity index (χ1v) is 6.45.